The van der Waals surface area contributed by atoms with Crippen LogP contribution in [0.5, 0.6) is 0 Å². The second-order valence-electron chi connectivity index (χ2n) is 8.42. The number of anilines is 2. The van der Waals surface area contributed by atoms with Crippen LogP contribution in [0.15, 0.2) is 36.8 Å². The van der Waals surface area contributed by atoms with E-state index in [1.807, 2.05) is 6.20 Å². The molecular formula is C24H33N5O2. The molecule has 3 heterocycles. The summed E-state index contributed by atoms with van der Waals surface area (Å²) in [6.45, 7) is 9.03. The number of carbonyl (C=O) groups is 1. The van der Waals surface area contributed by atoms with Crippen LogP contribution in [0.4, 0.5) is 11.5 Å². The third-order valence-electron chi connectivity index (χ3n) is 6.44. The monoisotopic (exact) mass is 423 g/mol. The van der Waals surface area contributed by atoms with E-state index in [9.17, 15) is 4.79 Å². The van der Waals surface area contributed by atoms with Crippen LogP contribution in [-0.4, -0.2) is 55.3 Å². The SMILES string of the molecule is CCc1ccc(C(C)NC(=O)C2CCN(c3cncnc3N3CCOCC3)CC2)cc1. The Morgan fingerprint density at radius 1 is 1.13 bits per heavy atom. The molecule has 7 nitrogen and oxygen atoms in total. The second-order valence-corrected chi connectivity index (χ2v) is 8.42. The molecule has 1 unspecified atom stereocenters. The van der Waals surface area contributed by atoms with Crippen molar-refractivity contribution in [3.05, 3.63) is 47.9 Å². The van der Waals surface area contributed by atoms with Crippen LogP contribution in [0, 0.1) is 5.92 Å². The number of benzene rings is 1. The van der Waals surface area contributed by atoms with E-state index >= 15 is 0 Å². The minimum atomic E-state index is 0.0203. The van der Waals surface area contributed by atoms with Crippen molar-refractivity contribution < 1.29 is 9.53 Å². The highest BCUT2D eigenvalue weighted by molar-refractivity contribution is 5.79. The molecule has 2 aromatic rings. The summed E-state index contributed by atoms with van der Waals surface area (Å²) in [7, 11) is 0. The topological polar surface area (TPSA) is 70.6 Å². The maximum Gasteiger partial charge on any atom is 0.223 e. The minimum absolute atomic E-state index is 0.0203. The molecule has 1 atom stereocenters. The number of nitrogens with zero attached hydrogens (tertiary/aromatic N) is 4. The number of aromatic nitrogens is 2. The predicted molar refractivity (Wildman–Crippen MR) is 122 cm³/mol. The summed E-state index contributed by atoms with van der Waals surface area (Å²) in [5.41, 5.74) is 3.53. The standard InChI is InChI=1S/C24H33N5O2/c1-3-19-4-6-20(7-5-19)18(2)27-24(30)21-8-10-28(11-9-21)22-16-25-17-26-23(22)29-12-14-31-15-13-29/h4-7,16-18,21H,3,8-15H2,1-2H3,(H,27,30). The van der Waals surface area contributed by atoms with E-state index in [1.165, 1.54) is 5.56 Å². The summed E-state index contributed by atoms with van der Waals surface area (Å²) in [5.74, 6) is 1.18. The highest BCUT2D eigenvalue weighted by atomic mass is 16.5. The Bertz CT molecular complexity index is 859. The maximum absolute atomic E-state index is 12.9. The highest BCUT2D eigenvalue weighted by Crippen LogP contribution is 2.30. The van der Waals surface area contributed by atoms with Crippen molar-refractivity contribution in [2.75, 3.05) is 49.2 Å². The number of ether oxygens (including phenoxy) is 1. The zero-order valence-corrected chi connectivity index (χ0v) is 18.6. The summed E-state index contributed by atoms with van der Waals surface area (Å²) in [5, 5.41) is 3.22. The molecule has 0 aliphatic carbocycles. The second kappa shape index (κ2) is 10.1. The molecule has 2 saturated heterocycles. The van der Waals surface area contributed by atoms with Crippen LogP contribution in [0.25, 0.3) is 0 Å². The summed E-state index contributed by atoms with van der Waals surface area (Å²) in [4.78, 5) is 26.3. The molecule has 2 aliphatic heterocycles. The molecule has 166 valence electrons. The Morgan fingerprint density at radius 3 is 2.52 bits per heavy atom. The summed E-state index contributed by atoms with van der Waals surface area (Å²) >= 11 is 0. The lowest BCUT2D eigenvalue weighted by Crippen LogP contribution is -2.43. The van der Waals surface area contributed by atoms with Gasteiger partial charge in [0.25, 0.3) is 0 Å². The van der Waals surface area contributed by atoms with Crippen molar-refractivity contribution in [3.8, 4) is 0 Å². The molecule has 1 aromatic heterocycles. The fraction of sp³-hybridized carbons (Fsp3) is 0.542. The average molecular weight is 424 g/mol. The van der Waals surface area contributed by atoms with Gasteiger partial charge < -0.3 is 19.9 Å². The van der Waals surface area contributed by atoms with E-state index < -0.39 is 0 Å². The summed E-state index contributed by atoms with van der Waals surface area (Å²) in [6, 6.07) is 8.55. The van der Waals surface area contributed by atoms with Crippen molar-refractivity contribution in [2.24, 2.45) is 5.92 Å². The number of carbonyl (C=O) groups excluding carboxylic acids is 1. The van der Waals surface area contributed by atoms with E-state index in [2.05, 4.69) is 63.2 Å². The van der Waals surface area contributed by atoms with Gasteiger partial charge in [-0.2, -0.15) is 0 Å². The number of hydrogen-bond donors (Lipinski definition) is 1. The first-order chi connectivity index (χ1) is 15.2. The minimum Gasteiger partial charge on any atom is -0.378 e. The van der Waals surface area contributed by atoms with Crippen molar-refractivity contribution in [1.82, 2.24) is 15.3 Å². The zero-order valence-electron chi connectivity index (χ0n) is 18.6. The summed E-state index contributed by atoms with van der Waals surface area (Å²) < 4.78 is 5.48. The zero-order chi connectivity index (χ0) is 21.6. The van der Waals surface area contributed by atoms with Crippen molar-refractivity contribution in [3.63, 3.8) is 0 Å². The number of hydrogen-bond acceptors (Lipinski definition) is 6. The number of aryl methyl sites for hydroxylation is 1. The van der Waals surface area contributed by atoms with Crippen LogP contribution < -0.4 is 15.1 Å². The number of nitrogens with one attached hydrogen (secondary N) is 1. The van der Waals surface area contributed by atoms with Crippen molar-refractivity contribution in [2.45, 2.75) is 39.2 Å². The quantitative estimate of drug-likeness (QED) is 0.770. The van der Waals surface area contributed by atoms with Gasteiger partial charge in [0, 0.05) is 32.1 Å². The van der Waals surface area contributed by atoms with Gasteiger partial charge in [-0.1, -0.05) is 31.2 Å². The number of amides is 1. The molecule has 0 radical (unpaired) electrons. The van der Waals surface area contributed by atoms with Gasteiger partial charge in [-0.25, -0.2) is 9.97 Å². The molecule has 2 aliphatic rings. The van der Waals surface area contributed by atoms with E-state index in [0.29, 0.717) is 0 Å². The van der Waals surface area contributed by atoms with Crippen LogP contribution in [0.2, 0.25) is 0 Å². The van der Waals surface area contributed by atoms with E-state index in [0.717, 1.165) is 75.7 Å². The van der Waals surface area contributed by atoms with Crippen molar-refractivity contribution >= 4 is 17.4 Å². The molecule has 1 aromatic carbocycles. The lowest BCUT2D eigenvalue weighted by atomic mass is 9.94. The van der Waals surface area contributed by atoms with Gasteiger partial charge in [-0.15, -0.1) is 0 Å². The average Bonchev–Trinajstić information content (AvgIpc) is 2.84. The molecule has 7 heteroatoms. The Labute approximate surface area is 184 Å². The van der Waals surface area contributed by atoms with Gasteiger partial charge >= 0.3 is 0 Å². The third-order valence-corrected chi connectivity index (χ3v) is 6.44. The molecule has 1 amide bonds. The first-order valence-corrected chi connectivity index (χ1v) is 11.4. The fourth-order valence-electron chi connectivity index (χ4n) is 4.40. The third kappa shape index (κ3) is 5.15. The van der Waals surface area contributed by atoms with Crippen LogP contribution in [0.3, 0.4) is 0 Å². The lowest BCUT2D eigenvalue weighted by molar-refractivity contribution is -0.126. The molecular weight excluding hydrogens is 390 g/mol. The fourth-order valence-corrected chi connectivity index (χ4v) is 4.40. The predicted octanol–water partition coefficient (Wildman–Crippen LogP) is 2.97. The Morgan fingerprint density at radius 2 is 1.84 bits per heavy atom. The van der Waals surface area contributed by atoms with E-state index in [-0.39, 0.29) is 17.9 Å². The molecule has 0 bridgehead atoms. The molecule has 0 saturated carbocycles. The highest BCUT2D eigenvalue weighted by Gasteiger charge is 2.28. The van der Waals surface area contributed by atoms with Gasteiger partial charge in [0.2, 0.25) is 5.91 Å². The van der Waals surface area contributed by atoms with Crippen LogP contribution in [-0.2, 0) is 16.0 Å². The van der Waals surface area contributed by atoms with Gasteiger partial charge in [-0.3, -0.25) is 4.79 Å². The van der Waals surface area contributed by atoms with Crippen LogP contribution in [0.1, 0.15) is 43.9 Å². The molecule has 2 fully saturated rings. The largest absolute Gasteiger partial charge is 0.378 e. The van der Waals surface area contributed by atoms with Gasteiger partial charge in [0.1, 0.15) is 6.33 Å². The van der Waals surface area contributed by atoms with Gasteiger partial charge in [0.05, 0.1) is 31.1 Å². The van der Waals surface area contributed by atoms with Crippen molar-refractivity contribution in [1.29, 1.82) is 0 Å². The molecule has 0 spiro atoms. The molecule has 4 rings (SSSR count). The first kappa shape index (κ1) is 21.6. The molecule has 1 N–H and O–H groups in total. The smallest absolute Gasteiger partial charge is 0.223 e. The summed E-state index contributed by atoms with van der Waals surface area (Å²) in [6.07, 6.45) is 6.22. The number of morpholine rings is 1. The van der Waals surface area contributed by atoms with Crippen LogP contribution >= 0.6 is 0 Å². The maximum atomic E-state index is 12.9. The van der Waals surface area contributed by atoms with E-state index in [4.69, 9.17) is 4.74 Å². The van der Waals surface area contributed by atoms with Gasteiger partial charge in [-0.05, 0) is 37.3 Å². The first-order valence-electron chi connectivity index (χ1n) is 11.4. The lowest BCUT2D eigenvalue weighted by Gasteiger charge is -2.36. The Hall–Kier alpha value is -2.67. The Kier molecular flexibility index (Phi) is 7.02. The molecule has 31 heavy (non-hydrogen) atoms. The number of piperidine rings is 1. The normalized spacial score (nSPS) is 18.6. The van der Waals surface area contributed by atoms with E-state index in [1.54, 1.807) is 6.33 Å². The Balaban J connectivity index is 1.34. The van der Waals surface area contributed by atoms with Gasteiger partial charge in [0.15, 0.2) is 5.82 Å². The number of rotatable bonds is 6.